The van der Waals surface area contributed by atoms with Gasteiger partial charge in [-0.3, -0.25) is 4.99 Å². The molecule has 3 rings (SSSR count). The highest BCUT2D eigenvalue weighted by Crippen LogP contribution is 2.36. The Balaban J connectivity index is 1.97. The quantitative estimate of drug-likeness (QED) is 0.643. The molecule has 31 heavy (non-hydrogen) atoms. The van der Waals surface area contributed by atoms with Crippen molar-refractivity contribution in [3.05, 3.63) is 62.5 Å². The number of aliphatic imine (C=N–C) groups is 1. The summed E-state index contributed by atoms with van der Waals surface area (Å²) in [6.07, 6.45) is 0.167. The van der Waals surface area contributed by atoms with Crippen molar-refractivity contribution in [2.75, 3.05) is 0 Å². The third-order valence-electron chi connectivity index (χ3n) is 4.32. The molecular weight excluding hydrogens is 445 g/mol. The minimum Gasteiger partial charge on any atom is -0.460 e. The van der Waals surface area contributed by atoms with E-state index < -0.39 is 29.9 Å². The lowest BCUT2D eigenvalue weighted by Crippen LogP contribution is -2.35. The van der Waals surface area contributed by atoms with Gasteiger partial charge in [0.15, 0.2) is 16.9 Å². The van der Waals surface area contributed by atoms with Gasteiger partial charge in [0, 0.05) is 27.9 Å². The summed E-state index contributed by atoms with van der Waals surface area (Å²) < 4.78 is 24.1. The van der Waals surface area contributed by atoms with Gasteiger partial charge in [0.1, 0.15) is 11.9 Å². The maximum Gasteiger partial charge on any atom is 0.347 e. The van der Waals surface area contributed by atoms with Gasteiger partial charge in [-0.1, -0.05) is 17.7 Å². The number of allylic oxidation sites excluding steroid dienone is 1. The maximum atomic E-state index is 13.6. The average Bonchev–Trinajstić information content (AvgIpc) is 3.21. The SMILES string of the molecule is CC1=C(C(=O)O[C@@H](C)C(=O)OC(C)C)C(c2ccc(F)cc2Cl)N=C(c2nccs2)N1. The molecule has 1 aliphatic heterocycles. The molecule has 1 unspecified atom stereocenters. The van der Waals surface area contributed by atoms with E-state index in [2.05, 4.69) is 15.3 Å². The van der Waals surface area contributed by atoms with Crippen LogP contribution in [0.4, 0.5) is 4.39 Å². The predicted octanol–water partition coefficient (Wildman–Crippen LogP) is 4.18. The first-order valence-electron chi connectivity index (χ1n) is 9.49. The van der Waals surface area contributed by atoms with E-state index in [9.17, 15) is 14.0 Å². The predicted molar refractivity (Wildman–Crippen MR) is 115 cm³/mol. The zero-order valence-electron chi connectivity index (χ0n) is 17.3. The molecule has 1 aromatic heterocycles. The van der Waals surface area contributed by atoms with Gasteiger partial charge in [-0.05, 0) is 39.8 Å². The van der Waals surface area contributed by atoms with E-state index in [0.717, 1.165) is 6.07 Å². The minimum absolute atomic E-state index is 0.111. The molecule has 1 aliphatic rings. The van der Waals surface area contributed by atoms with Crippen molar-refractivity contribution >= 4 is 40.7 Å². The Bertz CT molecular complexity index is 1050. The monoisotopic (exact) mass is 465 g/mol. The molecular formula is C21H21ClFN3O4S. The molecule has 0 radical (unpaired) electrons. The third kappa shape index (κ3) is 5.29. The summed E-state index contributed by atoms with van der Waals surface area (Å²) >= 11 is 7.64. The van der Waals surface area contributed by atoms with E-state index in [1.807, 2.05) is 0 Å². The summed E-state index contributed by atoms with van der Waals surface area (Å²) in [5, 5.41) is 5.58. The number of carbonyl (C=O) groups excluding carboxylic acids is 2. The standard InChI is InChI=1S/C21H21ClFN3O4S/c1-10(2)29-20(27)12(4)30-21(28)16-11(3)25-18(19-24-7-8-31-19)26-17(16)14-6-5-13(23)9-15(14)22/h5-10,12,17H,1-4H3,(H,25,26)/t12-,17?/m0/s1. The Kier molecular flexibility index (Phi) is 7.07. The summed E-state index contributed by atoms with van der Waals surface area (Å²) in [4.78, 5) is 34.0. The number of carbonyl (C=O) groups is 2. The molecule has 2 heterocycles. The first-order chi connectivity index (χ1) is 14.7. The van der Waals surface area contributed by atoms with Crippen LogP contribution in [-0.4, -0.2) is 35.0 Å². The molecule has 10 heteroatoms. The molecule has 164 valence electrons. The van der Waals surface area contributed by atoms with Crippen molar-refractivity contribution in [2.45, 2.75) is 45.9 Å². The van der Waals surface area contributed by atoms with Gasteiger partial charge in [0.05, 0.1) is 11.7 Å². The van der Waals surface area contributed by atoms with Crippen LogP contribution in [0.25, 0.3) is 0 Å². The molecule has 1 N–H and O–H groups in total. The Morgan fingerprint density at radius 2 is 2.00 bits per heavy atom. The van der Waals surface area contributed by atoms with Crippen LogP contribution < -0.4 is 5.32 Å². The molecule has 2 aromatic rings. The molecule has 0 spiro atoms. The normalized spacial score (nSPS) is 17.1. The van der Waals surface area contributed by atoms with E-state index in [-0.39, 0.29) is 16.7 Å². The minimum atomic E-state index is -1.12. The fourth-order valence-corrected chi connectivity index (χ4v) is 3.80. The molecule has 2 atom stereocenters. The zero-order chi connectivity index (χ0) is 22.7. The summed E-state index contributed by atoms with van der Waals surface area (Å²) in [7, 11) is 0. The number of ether oxygens (including phenoxy) is 2. The van der Waals surface area contributed by atoms with E-state index in [1.165, 1.54) is 30.4 Å². The summed E-state index contributed by atoms with van der Waals surface area (Å²) in [5.41, 5.74) is 1.03. The van der Waals surface area contributed by atoms with Gasteiger partial charge in [0.2, 0.25) is 0 Å². The van der Waals surface area contributed by atoms with Crippen LogP contribution >= 0.6 is 22.9 Å². The summed E-state index contributed by atoms with van der Waals surface area (Å²) in [6, 6.07) is 2.98. The van der Waals surface area contributed by atoms with Gasteiger partial charge < -0.3 is 14.8 Å². The Morgan fingerprint density at radius 3 is 2.61 bits per heavy atom. The number of aromatic nitrogens is 1. The second-order valence-electron chi connectivity index (χ2n) is 7.08. The highest BCUT2D eigenvalue weighted by molar-refractivity contribution is 7.11. The fraction of sp³-hybridized carbons (Fsp3) is 0.333. The van der Waals surface area contributed by atoms with E-state index >= 15 is 0 Å². The van der Waals surface area contributed by atoms with E-state index in [0.29, 0.717) is 22.1 Å². The van der Waals surface area contributed by atoms with Crippen LogP contribution in [0.1, 0.15) is 44.3 Å². The smallest absolute Gasteiger partial charge is 0.347 e. The number of benzene rings is 1. The number of halogens is 2. The zero-order valence-corrected chi connectivity index (χ0v) is 18.9. The molecule has 7 nitrogen and oxygen atoms in total. The molecule has 0 bridgehead atoms. The number of nitrogens with zero attached hydrogens (tertiary/aromatic N) is 2. The van der Waals surface area contributed by atoms with Crippen LogP contribution in [0.5, 0.6) is 0 Å². The van der Waals surface area contributed by atoms with Crippen LogP contribution in [0.2, 0.25) is 5.02 Å². The second kappa shape index (κ2) is 9.57. The molecule has 0 aliphatic carbocycles. The fourth-order valence-electron chi connectivity index (χ4n) is 2.94. The molecule has 0 amide bonds. The number of thiazole rings is 1. The highest BCUT2D eigenvalue weighted by Gasteiger charge is 2.34. The lowest BCUT2D eigenvalue weighted by molar-refractivity contribution is -0.167. The number of esters is 2. The van der Waals surface area contributed by atoms with Crippen LogP contribution in [0.15, 0.2) is 46.0 Å². The van der Waals surface area contributed by atoms with Crippen molar-refractivity contribution in [2.24, 2.45) is 4.99 Å². The lowest BCUT2D eigenvalue weighted by atomic mass is 9.96. The van der Waals surface area contributed by atoms with Crippen molar-refractivity contribution in [3.63, 3.8) is 0 Å². The van der Waals surface area contributed by atoms with Gasteiger partial charge in [-0.15, -0.1) is 11.3 Å². The van der Waals surface area contributed by atoms with Crippen LogP contribution in [0, 0.1) is 5.82 Å². The first kappa shape index (κ1) is 22.9. The number of hydrogen-bond donors (Lipinski definition) is 1. The van der Waals surface area contributed by atoms with Crippen LogP contribution in [0.3, 0.4) is 0 Å². The largest absolute Gasteiger partial charge is 0.460 e. The Hall–Kier alpha value is -2.78. The van der Waals surface area contributed by atoms with Gasteiger partial charge in [-0.25, -0.2) is 19.0 Å². The van der Waals surface area contributed by atoms with Crippen molar-refractivity contribution < 1.29 is 23.5 Å². The molecule has 0 saturated heterocycles. The van der Waals surface area contributed by atoms with Crippen molar-refractivity contribution in [3.8, 4) is 0 Å². The first-order valence-corrected chi connectivity index (χ1v) is 10.7. The summed E-state index contributed by atoms with van der Waals surface area (Å²) in [6.45, 7) is 6.51. The Labute approximate surface area is 187 Å². The average molecular weight is 466 g/mol. The van der Waals surface area contributed by atoms with Gasteiger partial charge >= 0.3 is 11.9 Å². The highest BCUT2D eigenvalue weighted by atomic mass is 35.5. The number of rotatable bonds is 6. The lowest BCUT2D eigenvalue weighted by Gasteiger charge is -2.26. The second-order valence-corrected chi connectivity index (χ2v) is 8.38. The van der Waals surface area contributed by atoms with Crippen LogP contribution in [-0.2, 0) is 19.1 Å². The molecule has 0 fully saturated rings. The van der Waals surface area contributed by atoms with Crippen molar-refractivity contribution in [1.29, 1.82) is 0 Å². The topological polar surface area (TPSA) is 89.9 Å². The molecule has 1 aromatic carbocycles. The van der Waals surface area contributed by atoms with E-state index in [1.54, 1.807) is 32.3 Å². The van der Waals surface area contributed by atoms with Gasteiger partial charge in [-0.2, -0.15) is 0 Å². The number of hydrogen-bond acceptors (Lipinski definition) is 8. The van der Waals surface area contributed by atoms with Crippen molar-refractivity contribution in [1.82, 2.24) is 10.3 Å². The summed E-state index contributed by atoms with van der Waals surface area (Å²) in [5.74, 6) is -1.48. The molecule has 0 saturated carbocycles. The van der Waals surface area contributed by atoms with Gasteiger partial charge in [0.25, 0.3) is 0 Å². The Morgan fingerprint density at radius 1 is 1.26 bits per heavy atom. The third-order valence-corrected chi connectivity index (χ3v) is 5.43. The number of amidine groups is 1. The number of nitrogens with one attached hydrogen (secondary N) is 1. The maximum absolute atomic E-state index is 13.6. The van der Waals surface area contributed by atoms with E-state index in [4.69, 9.17) is 21.1 Å².